The fraction of sp³-hybridized carbons (Fsp3) is 0.500. The topological polar surface area (TPSA) is 27.1 Å². The molecule has 1 aromatic carbocycles. The van der Waals surface area contributed by atoms with Crippen LogP contribution in [0, 0.1) is 0 Å². The van der Waals surface area contributed by atoms with Crippen molar-refractivity contribution in [3.63, 3.8) is 0 Å². The van der Waals surface area contributed by atoms with Crippen molar-refractivity contribution in [3.05, 3.63) is 30.6 Å². The molecular formula is C14H18N2O. The number of hydrogen-bond donors (Lipinski definition) is 0. The van der Waals surface area contributed by atoms with Crippen molar-refractivity contribution in [3.8, 4) is 0 Å². The molecule has 0 amide bonds. The largest absolute Gasteiger partial charge is 0.378 e. The van der Waals surface area contributed by atoms with Gasteiger partial charge in [0.15, 0.2) is 0 Å². The Morgan fingerprint density at radius 1 is 1.35 bits per heavy atom. The minimum Gasteiger partial charge on any atom is -0.378 e. The first-order valence-electron chi connectivity index (χ1n) is 6.45. The van der Waals surface area contributed by atoms with Crippen molar-refractivity contribution in [1.29, 1.82) is 0 Å². The zero-order valence-corrected chi connectivity index (χ0v) is 10.0. The van der Waals surface area contributed by atoms with Gasteiger partial charge in [-0.3, -0.25) is 0 Å². The van der Waals surface area contributed by atoms with Gasteiger partial charge in [-0.25, -0.2) is 4.98 Å². The summed E-state index contributed by atoms with van der Waals surface area (Å²) in [4.78, 5) is 4.40. The summed E-state index contributed by atoms with van der Waals surface area (Å²) >= 11 is 0. The second-order valence-electron chi connectivity index (χ2n) is 4.70. The fourth-order valence-electron chi connectivity index (χ4n) is 2.55. The molecule has 3 nitrogen and oxygen atoms in total. The average Bonchev–Trinajstić information content (AvgIpc) is 2.99. The number of hydrogen-bond acceptors (Lipinski definition) is 2. The van der Waals surface area contributed by atoms with Crippen LogP contribution in [0.1, 0.15) is 25.7 Å². The Bertz CT molecular complexity index is 486. The van der Waals surface area contributed by atoms with Gasteiger partial charge < -0.3 is 9.30 Å². The average molecular weight is 230 g/mol. The van der Waals surface area contributed by atoms with E-state index in [2.05, 4.69) is 27.8 Å². The highest BCUT2D eigenvalue weighted by Gasteiger charge is 2.14. The van der Waals surface area contributed by atoms with E-state index in [1.54, 1.807) is 0 Å². The second kappa shape index (κ2) is 4.88. The Morgan fingerprint density at radius 2 is 2.29 bits per heavy atom. The van der Waals surface area contributed by atoms with Crippen LogP contribution < -0.4 is 0 Å². The molecule has 0 aliphatic carbocycles. The molecule has 1 saturated heterocycles. The zero-order chi connectivity index (χ0) is 11.5. The summed E-state index contributed by atoms with van der Waals surface area (Å²) in [6, 6.07) is 8.30. The Balaban J connectivity index is 1.60. The molecule has 0 N–H and O–H groups in total. The van der Waals surface area contributed by atoms with Gasteiger partial charge in [-0.2, -0.15) is 0 Å². The molecule has 0 saturated carbocycles. The number of nitrogens with zero attached hydrogens (tertiary/aromatic N) is 2. The van der Waals surface area contributed by atoms with E-state index in [0.717, 1.165) is 18.7 Å². The lowest BCUT2D eigenvalue weighted by atomic mass is 10.1. The van der Waals surface area contributed by atoms with Crippen molar-refractivity contribution >= 4 is 11.0 Å². The maximum Gasteiger partial charge on any atom is 0.0958 e. The zero-order valence-electron chi connectivity index (χ0n) is 10.0. The molecule has 0 spiro atoms. The minimum absolute atomic E-state index is 0.504. The van der Waals surface area contributed by atoms with Crippen LogP contribution in [0.15, 0.2) is 30.6 Å². The molecule has 1 aliphatic rings. The molecular weight excluding hydrogens is 212 g/mol. The number of imidazole rings is 1. The van der Waals surface area contributed by atoms with Crippen LogP contribution in [0.2, 0.25) is 0 Å². The smallest absolute Gasteiger partial charge is 0.0958 e. The van der Waals surface area contributed by atoms with Crippen LogP contribution in [0.5, 0.6) is 0 Å². The van der Waals surface area contributed by atoms with Crippen molar-refractivity contribution in [1.82, 2.24) is 9.55 Å². The van der Waals surface area contributed by atoms with Crippen molar-refractivity contribution in [2.24, 2.45) is 0 Å². The van der Waals surface area contributed by atoms with Gasteiger partial charge in [0.25, 0.3) is 0 Å². The van der Waals surface area contributed by atoms with Gasteiger partial charge >= 0.3 is 0 Å². The van der Waals surface area contributed by atoms with E-state index in [9.17, 15) is 0 Å². The van der Waals surface area contributed by atoms with Crippen LogP contribution in [0.3, 0.4) is 0 Å². The van der Waals surface area contributed by atoms with E-state index in [4.69, 9.17) is 4.74 Å². The predicted molar refractivity (Wildman–Crippen MR) is 67.9 cm³/mol. The third-order valence-corrected chi connectivity index (χ3v) is 3.48. The van der Waals surface area contributed by atoms with Crippen molar-refractivity contribution in [2.75, 3.05) is 6.61 Å². The van der Waals surface area contributed by atoms with E-state index in [1.807, 2.05) is 12.4 Å². The Hall–Kier alpha value is -1.35. The predicted octanol–water partition coefficient (Wildman–Crippen LogP) is 3.00. The molecule has 1 aromatic heterocycles. The molecule has 0 radical (unpaired) electrons. The molecule has 2 aromatic rings. The molecule has 0 bridgehead atoms. The maximum absolute atomic E-state index is 5.63. The third-order valence-electron chi connectivity index (χ3n) is 3.48. The van der Waals surface area contributed by atoms with E-state index in [1.165, 1.54) is 31.2 Å². The van der Waals surface area contributed by atoms with E-state index >= 15 is 0 Å². The normalized spacial score (nSPS) is 20.1. The number of aryl methyl sites for hydroxylation is 1. The van der Waals surface area contributed by atoms with Crippen LogP contribution in [0.25, 0.3) is 11.0 Å². The first kappa shape index (κ1) is 10.8. The van der Waals surface area contributed by atoms with Gasteiger partial charge in [0, 0.05) is 13.2 Å². The van der Waals surface area contributed by atoms with Crippen LogP contribution in [-0.4, -0.2) is 22.3 Å². The molecule has 2 heterocycles. The Kier molecular flexibility index (Phi) is 3.10. The number of ether oxygens (including phenoxy) is 1. The molecule has 3 heteroatoms. The summed E-state index contributed by atoms with van der Waals surface area (Å²) in [7, 11) is 0. The summed E-state index contributed by atoms with van der Waals surface area (Å²) in [5, 5.41) is 0. The number of benzene rings is 1. The number of aromatic nitrogens is 2. The standard InChI is InChI=1S/C14H18N2O/c1-2-8-14-13(7-1)15-11-16(14)9-3-5-12-6-4-10-17-12/h1-2,7-8,11-12H,3-6,9-10H2. The summed E-state index contributed by atoms with van der Waals surface area (Å²) in [5.41, 5.74) is 2.32. The van der Waals surface area contributed by atoms with E-state index < -0.39 is 0 Å². The first-order valence-corrected chi connectivity index (χ1v) is 6.45. The molecule has 17 heavy (non-hydrogen) atoms. The summed E-state index contributed by atoms with van der Waals surface area (Å²) in [5.74, 6) is 0. The number of rotatable bonds is 4. The monoisotopic (exact) mass is 230 g/mol. The summed E-state index contributed by atoms with van der Waals surface area (Å²) in [6.07, 6.45) is 7.27. The van der Waals surface area contributed by atoms with Crippen LogP contribution >= 0.6 is 0 Å². The van der Waals surface area contributed by atoms with Crippen molar-refractivity contribution in [2.45, 2.75) is 38.3 Å². The van der Waals surface area contributed by atoms with Gasteiger partial charge in [-0.15, -0.1) is 0 Å². The van der Waals surface area contributed by atoms with Gasteiger partial charge in [0.2, 0.25) is 0 Å². The summed E-state index contributed by atoms with van der Waals surface area (Å²) < 4.78 is 7.88. The maximum atomic E-state index is 5.63. The van der Waals surface area contributed by atoms with Gasteiger partial charge in [-0.05, 0) is 37.8 Å². The highest BCUT2D eigenvalue weighted by atomic mass is 16.5. The van der Waals surface area contributed by atoms with Crippen LogP contribution in [-0.2, 0) is 11.3 Å². The SMILES string of the molecule is c1ccc2c(c1)ncn2CCCC1CCCO1. The van der Waals surface area contributed by atoms with E-state index in [-0.39, 0.29) is 0 Å². The summed E-state index contributed by atoms with van der Waals surface area (Å²) in [6.45, 7) is 2.00. The molecule has 1 atom stereocenters. The van der Waals surface area contributed by atoms with Crippen LogP contribution in [0.4, 0.5) is 0 Å². The minimum atomic E-state index is 0.504. The lowest BCUT2D eigenvalue weighted by Crippen LogP contribution is -2.06. The van der Waals surface area contributed by atoms with Gasteiger partial charge in [-0.1, -0.05) is 12.1 Å². The number of para-hydroxylation sites is 2. The Morgan fingerprint density at radius 3 is 3.18 bits per heavy atom. The Labute approximate surface area is 101 Å². The highest BCUT2D eigenvalue weighted by molar-refractivity contribution is 5.74. The quantitative estimate of drug-likeness (QED) is 0.807. The van der Waals surface area contributed by atoms with Gasteiger partial charge in [0.1, 0.15) is 0 Å². The third kappa shape index (κ3) is 2.34. The van der Waals surface area contributed by atoms with Gasteiger partial charge in [0.05, 0.1) is 23.5 Å². The first-order chi connectivity index (χ1) is 8.43. The highest BCUT2D eigenvalue weighted by Crippen LogP contribution is 2.18. The molecule has 1 unspecified atom stereocenters. The second-order valence-corrected chi connectivity index (χ2v) is 4.70. The van der Waals surface area contributed by atoms with E-state index in [0.29, 0.717) is 6.10 Å². The van der Waals surface area contributed by atoms with Crippen molar-refractivity contribution < 1.29 is 4.74 Å². The number of fused-ring (bicyclic) bond motifs is 1. The molecule has 90 valence electrons. The lowest BCUT2D eigenvalue weighted by molar-refractivity contribution is 0.101. The lowest BCUT2D eigenvalue weighted by Gasteiger charge is -2.09. The molecule has 1 aliphatic heterocycles. The molecule has 3 rings (SSSR count). The molecule has 1 fully saturated rings. The fourth-order valence-corrected chi connectivity index (χ4v) is 2.55.